The average molecular weight is 415 g/mol. The zero-order chi connectivity index (χ0) is 21.7. The zero-order valence-electron chi connectivity index (χ0n) is 21.0. The fourth-order valence-corrected chi connectivity index (χ4v) is 9.18. The Bertz CT molecular complexity index is 649. The Balaban J connectivity index is 1.52. The molecule has 1 N–H and O–H groups in total. The summed E-state index contributed by atoms with van der Waals surface area (Å²) in [5.74, 6) is 5.62. The molecule has 30 heavy (non-hydrogen) atoms. The van der Waals surface area contributed by atoms with Crippen molar-refractivity contribution >= 4 is 0 Å². The van der Waals surface area contributed by atoms with Crippen LogP contribution in [-0.4, -0.2) is 11.7 Å². The van der Waals surface area contributed by atoms with Gasteiger partial charge in [0.05, 0.1) is 0 Å². The molecule has 0 aromatic carbocycles. The third-order valence-corrected chi connectivity index (χ3v) is 11.4. The molecular weight excluding hydrogens is 364 g/mol. The molecule has 1 nitrogen and oxygen atoms in total. The molecule has 0 heterocycles. The van der Waals surface area contributed by atoms with Crippen molar-refractivity contribution in [3.8, 4) is 0 Å². The maximum Gasteiger partial charge on any atom is 0.0459 e. The standard InChI is InChI=1S/C29H50O/c1-19(22(4)18-30)9-10-21(3)25-13-14-26-23-11-12-24-20(2)8-7-16-28(24,5)27(23)15-17-29(25,26)6/h19-22,24-25,27,30H,7-18H2,1-6H3/t19?,20-,21-,22?,24?,25-,27+,28+,29-/m1/s1. The highest BCUT2D eigenvalue weighted by Crippen LogP contribution is 2.66. The van der Waals surface area contributed by atoms with Gasteiger partial charge in [0.25, 0.3) is 0 Å². The molecule has 0 aromatic rings. The summed E-state index contributed by atoms with van der Waals surface area (Å²) in [6.07, 6.45) is 15.7. The molecule has 4 rings (SSSR count). The van der Waals surface area contributed by atoms with E-state index in [4.69, 9.17) is 0 Å². The van der Waals surface area contributed by atoms with Gasteiger partial charge in [-0.3, -0.25) is 0 Å². The number of hydrogen-bond donors (Lipinski definition) is 1. The van der Waals surface area contributed by atoms with Crippen molar-refractivity contribution in [2.75, 3.05) is 6.61 Å². The van der Waals surface area contributed by atoms with Crippen molar-refractivity contribution in [2.45, 2.75) is 112 Å². The highest BCUT2D eigenvalue weighted by atomic mass is 16.3. The maximum absolute atomic E-state index is 9.50. The number of fused-ring (bicyclic) bond motifs is 4. The number of aliphatic hydroxyl groups is 1. The summed E-state index contributed by atoms with van der Waals surface area (Å²) < 4.78 is 0. The van der Waals surface area contributed by atoms with Crippen LogP contribution >= 0.6 is 0 Å². The van der Waals surface area contributed by atoms with Crippen LogP contribution in [0.25, 0.3) is 0 Å². The monoisotopic (exact) mass is 414 g/mol. The van der Waals surface area contributed by atoms with Crippen LogP contribution in [0.15, 0.2) is 11.1 Å². The van der Waals surface area contributed by atoms with E-state index < -0.39 is 0 Å². The molecule has 3 fully saturated rings. The Labute approximate surface area is 187 Å². The molecule has 172 valence electrons. The predicted octanol–water partition coefficient (Wildman–Crippen LogP) is 8.03. The largest absolute Gasteiger partial charge is 0.396 e. The Morgan fingerprint density at radius 3 is 2.43 bits per heavy atom. The van der Waals surface area contributed by atoms with Gasteiger partial charge in [0.1, 0.15) is 0 Å². The topological polar surface area (TPSA) is 20.2 Å². The van der Waals surface area contributed by atoms with E-state index in [1.54, 1.807) is 0 Å². The number of rotatable bonds is 6. The minimum Gasteiger partial charge on any atom is -0.396 e. The summed E-state index contributed by atoms with van der Waals surface area (Å²) >= 11 is 0. The Kier molecular flexibility index (Phi) is 6.53. The van der Waals surface area contributed by atoms with Crippen molar-refractivity contribution in [3.63, 3.8) is 0 Å². The molecule has 0 amide bonds. The summed E-state index contributed by atoms with van der Waals surface area (Å²) in [4.78, 5) is 0. The lowest BCUT2D eigenvalue weighted by atomic mass is 9.47. The van der Waals surface area contributed by atoms with Gasteiger partial charge in [-0.15, -0.1) is 0 Å². The molecule has 3 unspecified atom stereocenters. The van der Waals surface area contributed by atoms with Crippen LogP contribution < -0.4 is 0 Å². The predicted molar refractivity (Wildman–Crippen MR) is 128 cm³/mol. The van der Waals surface area contributed by atoms with Gasteiger partial charge in [0.2, 0.25) is 0 Å². The molecule has 9 atom stereocenters. The second-order valence-electron chi connectivity index (χ2n) is 12.9. The SMILES string of the molecule is CC(CO)C(C)CC[C@@H](C)[C@H]1CCC2=C3CCC4[C@H](C)CCC[C@]4(C)[C@H]3CC[C@@]21C. The molecule has 4 aliphatic carbocycles. The van der Waals surface area contributed by atoms with Crippen LogP contribution in [0.2, 0.25) is 0 Å². The van der Waals surface area contributed by atoms with E-state index in [9.17, 15) is 5.11 Å². The fourth-order valence-electron chi connectivity index (χ4n) is 9.18. The van der Waals surface area contributed by atoms with Gasteiger partial charge in [-0.2, -0.15) is 0 Å². The molecule has 0 radical (unpaired) electrons. The van der Waals surface area contributed by atoms with Gasteiger partial charge in [-0.05, 0) is 97.2 Å². The van der Waals surface area contributed by atoms with Gasteiger partial charge in [0, 0.05) is 6.61 Å². The van der Waals surface area contributed by atoms with Crippen molar-refractivity contribution in [1.82, 2.24) is 0 Å². The molecule has 0 aromatic heterocycles. The fraction of sp³-hybridized carbons (Fsp3) is 0.931. The van der Waals surface area contributed by atoms with Gasteiger partial charge < -0.3 is 5.11 Å². The van der Waals surface area contributed by atoms with Gasteiger partial charge in [-0.25, -0.2) is 0 Å². The lowest BCUT2D eigenvalue weighted by Gasteiger charge is -2.58. The molecule has 3 saturated carbocycles. The minimum atomic E-state index is 0.340. The summed E-state index contributed by atoms with van der Waals surface area (Å²) in [6, 6.07) is 0. The zero-order valence-corrected chi connectivity index (χ0v) is 21.0. The van der Waals surface area contributed by atoms with Gasteiger partial charge in [-0.1, -0.05) is 78.4 Å². The first-order chi connectivity index (χ1) is 14.2. The van der Waals surface area contributed by atoms with Crippen molar-refractivity contribution in [1.29, 1.82) is 0 Å². The van der Waals surface area contributed by atoms with Crippen molar-refractivity contribution in [3.05, 3.63) is 11.1 Å². The molecule has 0 saturated heterocycles. The van der Waals surface area contributed by atoms with Crippen molar-refractivity contribution in [2.24, 2.45) is 52.3 Å². The third kappa shape index (κ3) is 3.64. The van der Waals surface area contributed by atoms with E-state index in [-0.39, 0.29) is 0 Å². The van der Waals surface area contributed by atoms with E-state index in [1.807, 2.05) is 11.1 Å². The van der Waals surface area contributed by atoms with Gasteiger partial charge >= 0.3 is 0 Å². The van der Waals surface area contributed by atoms with Crippen LogP contribution in [0.3, 0.4) is 0 Å². The summed E-state index contributed by atoms with van der Waals surface area (Å²) in [5, 5.41) is 9.50. The number of allylic oxidation sites excluding steroid dienone is 2. The first-order valence-electron chi connectivity index (χ1n) is 13.6. The molecule has 4 aliphatic rings. The van der Waals surface area contributed by atoms with Crippen LogP contribution in [0.5, 0.6) is 0 Å². The van der Waals surface area contributed by atoms with E-state index in [0.29, 0.717) is 29.3 Å². The minimum absolute atomic E-state index is 0.340. The summed E-state index contributed by atoms with van der Waals surface area (Å²) in [5.41, 5.74) is 5.00. The van der Waals surface area contributed by atoms with E-state index in [0.717, 1.165) is 29.6 Å². The molecule has 0 spiro atoms. The highest BCUT2D eigenvalue weighted by Gasteiger charge is 2.55. The number of hydrogen-bond acceptors (Lipinski definition) is 1. The van der Waals surface area contributed by atoms with Crippen LogP contribution in [0.1, 0.15) is 112 Å². The van der Waals surface area contributed by atoms with Crippen LogP contribution in [0.4, 0.5) is 0 Å². The molecule has 0 aliphatic heterocycles. The summed E-state index contributed by atoms with van der Waals surface area (Å²) in [6.45, 7) is 15.3. The third-order valence-electron chi connectivity index (χ3n) is 11.4. The lowest BCUT2D eigenvalue weighted by molar-refractivity contribution is -0.0202. The summed E-state index contributed by atoms with van der Waals surface area (Å²) in [7, 11) is 0. The average Bonchev–Trinajstić information content (AvgIpc) is 3.08. The van der Waals surface area contributed by atoms with E-state index >= 15 is 0 Å². The molecular formula is C29H50O. The van der Waals surface area contributed by atoms with Gasteiger partial charge in [0.15, 0.2) is 0 Å². The second-order valence-corrected chi connectivity index (χ2v) is 12.9. The molecule has 0 bridgehead atoms. The first kappa shape index (κ1) is 22.9. The molecule has 1 heteroatoms. The van der Waals surface area contributed by atoms with E-state index in [2.05, 4.69) is 41.5 Å². The normalized spacial score (nSPS) is 44.1. The van der Waals surface area contributed by atoms with E-state index in [1.165, 1.54) is 70.6 Å². The smallest absolute Gasteiger partial charge is 0.0459 e. The highest BCUT2D eigenvalue weighted by molar-refractivity contribution is 5.34. The first-order valence-corrected chi connectivity index (χ1v) is 13.6. The van der Waals surface area contributed by atoms with Crippen molar-refractivity contribution < 1.29 is 5.11 Å². The lowest BCUT2D eigenvalue weighted by Crippen LogP contribution is -2.48. The quantitative estimate of drug-likeness (QED) is 0.436. The number of aliphatic hydroxyl groups excluding tert-OH is 1. The van der Waals surface area contributed by atoms with Crippen LogP contribution in [-0.2, 0) is 0 Å². The maximum atomic E-state index is 9.50. The Hall–Kier alpha value is -0.300. The Morgan fingerprint density at radius 2 is 1.70 bits per heavy atom. The second kappa shape index (κ2) is 8.57. The van der Waals surface area contributed by atoms with Crippen LogP contribution in [0, 0.1) is 52.3 Å². The Morgan fingerprint density at radius 1 is 0.933 bits per heavy atom.